The highest BCUT2D eigenvalue weighted by Crippen LogP contribution is 2.32. The van der Waals surface area contributed by atoms with E-state index in [1.165, 1.54) is 26.0 Å². The van der Waals surface area contributed by atoms with E-state index in [0.717, 1.165) is 18.0 Å². The predicted octanol–water partition coefficient (Wildman–Crippen LogP) is 5.02. The summed E-state index contributed by atoms with van der Waals surface area (Å²) in [6, 6.07) is 5.06. The van der Waals surface area contributed by atoms with E-state index in [1.54, 1.807) is 6.07 Å². The number of nitrogens with two attached hydrogens (primary N) is 1. The number of aromatic amines is 1. The molecule has 3 heterocycles. The van der Waals surface area contributed by atoms with Gasteiger partial charge in [-0.2, -0.15) is 13.2 Å². The molecule has 192 valence electrons. The number of nitrogens with zero attached hydrogens (tertiary/aromatic N) is 2. The molecule has 2 aromatic heterocycles. The average Bonchev–Trinajstić information content (AvgIpc) is 3.17. The molecule has 0 radical (unpaired) electrons. The monoisotopic (exact) mass is 510 g/mol. The molecule has 1 aromatic carbocycles. The fraction of sp³-hybridized carbons (Fsp3) is 0.429. The number of nitrogens with one attached hydrogen (secondary N) is 1. The van der Waals surface area contributed by atoms with Crippen molar-refractivity contribution in [1.29, 1.82) is 0 Å². The van der Waals surface area contributed by atoms with Crippen LogP contribution in [0.3, 0.4) is 0 Å². The summed E-state index contributed by atoms with van der Waals surface area (Å²) in [7, 11) is 0. The molecule has 1 unspecified atom stereocenters. The lowest BCUT2D eigenvalue weighted by atomic mass is 10.0. The molecule has 3 aromatic rings. The van der Waals surface area contributed by atoms with Crippen molar-refractivity contribution in [2.45, 2.75) is 44.5 Å². The first-order valence-corrected chi connectivity index (χ1v) is 10.1. The molecule has 0 amide bonds. The van der Waals surface area contributed by atoms with Crippen LogP contribution in [-0.4, -0.2) is 46.2 Å². The number of rotatable bonds is 4. The number of H-pyrrole nitrogens is 1. The minimum absolute atomic E-state index is 0.0294. The Morgan fingerprint density at radius 3 is 2.46 bits per heavy atom. The molecule has 0 bridgehead atoms. The van der Waals surface area contributed by atoms with Crippen molar-refractivity contribution >= 4 is 16.9 Å². The summed E-state index contributed by atoms with van der Waals surface area (Å²) in [5, 5.41) is 0.180. The third-order valence-corrected chi connectivity index (χ3v) is 4.72. The highest BCUT2D eigenvalue weighted by atomic mass is 19.4. The number of halogens is 7. The molecule has 0 saturated carbocycles. The maximum atomic E-state index is 13.0. The molecular formula is C21H21F7N4O3. The number of anilines is 1. The number of alkyl halides is 6. The van der Waals surface area contributed by atoms with Crippen LogP contribution < -0.4 is 10.5 Å². The Morgan fingerprint density at radius 2 is 1.83 bits per heavy atom. The standard InChI is InChI=1S/C14H16F4O3.C7H5F3N4/c1-13(2,21-14(16,17)18)8-20-11-5-9-3-4-10(15)6-12(9)19-7-11;8-7(9,10)4-1-3-5(11)12-2-13-6(3)14-4/h3-4,6,11H,5,7-8H2,1-2H3;1-2H,(H3,11,12,13,14). The summed E-state index contributed by atoms with van der Waals surface area (Å²) in [4.78, 5) is 9.33. The quantitative estimate of drug-likeness (QED) is 0.479. The molecule has 1 aliphatic rings. The highest BCUT2D eigenvalue weighted by molar-refractivity contribution is 5.86. The Morgan fingerprint density at radius 1 is 1.11 bits per heavy atom. The zero-order valence-electron chi connectivity index (χ0n) is 18.4. The molecular weight excluding hydrogens is 489 g/mol. The Kier molecular flexibility index (Phi) is 7.45. The molecule has 3 N–H and O–H groups in total. The second-order valence-corrected chi connectivity index (χ2v) is 8.21. The zero-order valence-corrected chi connectivity index (χ0v) is 18.4. The van der Waals surface area contributed by atoms with Crippen LogP contribution in [0.25, 0.3) is 11.0 Å². The number of fused-ring (bicyclic) bond motifs is 2. The van der Waals surface area contributed by atoms with Crippen LogP contribution in [0.1, 0.15) is 25.1 Å². The van der Waals surface area contributed by atoms with Crippen molar-refractivity contribution in [3.8, 4) is 5.75 Å². The van der Waals surface area contributed by atoms with Gasteiger partial charge in [0.25, 0.3) is 0 Å². The second-order valence-electron chi connectivity index (χ2n) is 8.21. The second kappa shape index (κ2) is 9.85. The van der Waals surface area contributed by atoms with Gasteiger partial charge < -0.3 is 20.2 Å². The molecule has 4 rings (SSSR count). The number of hydrogen-bond donors (Lipinski definition) is 2. The first kappa shape index (κ1) is 26.5. The Bertz CT molecular complexity index is 1160. The van der Waals surface area contributed by atoms with Crippen LogP contribution in [0, 0.1) is 5.82 Å². The summed E-state index contributed by atoms with van der Waals surface area (Å²) in [5.41, 5.74) is 3.87. The summed E-state index contributed by atoms with van der Waals surface area (Å²) in [5.74, 6) is 0.0789. The first-order chi connectivity index (χ1) is 16.1. The number of benzene rings is 1. The summed E-state index contributed by atoms with van der Waals surface area (Å²) in [6.45, 7) is 2.54. The van der Waals surface area contributed by atoms with Crippen molar-refractivity contribution in [1.82, 2.24) is 15.0 Å². The van der Waals surface area contributed by atoms with Crippen LogP contribution in [0.4, 0.5) is 36.6 Å². The Labute approximate surface area is 194 Å². The highest BCUT2D eigenvalue weighted by Gasteiger charge is 2.38. The molecule has 35 heavy (non-hydrogen) atoms. The van der Waals surface area contributed by atoms with Gasteiger partial charge in [0.05, 0.1) is 23.7 Å². The molecule has 0 saturated heterocycles. The van der Waals surface area contributed by atoms with Crippen LogP contribution >= 0.6 is 0 Å². The van der Waals surface area contributed by atoms with Crippen molar-refractivity contribution in [3.63, 3.8) is 0 Å². The van der Waals surface area contributed by atoms with E-state index in [-0.39, 0.29) is 36.2 Å². The molecule has 0 spiro atoms. The Balaban J connectivity index is 0.000000211. The van der Waals surface area contributed by atoms with Crippen molar-refractivity contribution < 1.29 is 44.9 Å². The van der Waals surface area contributed by atoms with Gasteiger partial charge in [0.15, 0.2) is 0 Å². The van der Waals surface area contributed by atoms with Gasteiger partial charge >= 0.3 is 12.5 Å². The fourth-order valence-corrected chi connectivity index (χ4v) is 3.20. The molecule has 1 aliphatic heterocycles. The van der Waals surface area contributed by atoms with E-state index in [2.05, 4.69) is 19.7 Å². The molecule has 0 fully saturated rings. The average molecular weight is 510 g/mol. The number of ether oxygens (including phenoxy) is 3. The molecule has 14 heteroatoms. The molecule has 7 nitrogen and oxygen atoms in total. The Hall–Kier alpha value is -3.13. The number of hydrogen-bond acceptors (Lipinski definition) is 6. The minimum atomic E-state index is -4.71. The topological polar surface area (TPSA) is 95.3 Å². The smallest absolute Gasteiger partial charge is 0.490 e. The van der Waals surface area contributed by atoms with E-state index in [9.17, 15) is 30.7 Å². The van der Waals surface area contributed by atoms with Crippen molar-refractivity contribution in [3.05, 3.63) is 47.7 Å². The van der Waals surface area contributed by atoms with Gasteiger partial charge in [0.1, 0.15) is 41.7 Å². The maximum absolute atomic E-state index is 13.0. The maximum Gasteiger partial charge on any atom is 0.523 e. The largest absolute Gasteiger partial charge is 0.523 e. The van der Waals surface area contributed by atoms with Gasteiger partial charge in [-0.25, -0.2) is 14.4 Å². The summed E-state index contributed by atoms with van der Waals surface area (Å²) >= 11 is 0. The van der Waals surface area contributed by atoms with Crippen molar-refractivity contribution in [2.24, 2.45) is 0 Å². The van der Waals surface area contributed by atoms with Crippen LogP contribution in [0.5, 0.6) is 5.75 Å². The lowest BCUT2D eigenvalue weighted by Crippen LogP contribution is -2.40. The summed E-state index contributed by atoms with van der Waals surface area (Å²) < 4.78 is 101. The van der Waals surface area contributed by atoms with Gasteiger partial charge in [-0.3, -0.25) is 4.74 Å². The van der Waals surface area contributed by atoms with Gasteiger partial charge in [0, 0.05) is 12.5 Å². The molecule has 1 atom stereocenters. The normalized spacial score (nSPS) is 16.3. The SMILES string of the molecule is CC(C)(COC1COc2cc(F)ccc2C1)OC(F)(F)F.Nc1ncnc2[nH]c(C(F)(F)F)cc12. The minimum Gasteiger partial charge on any atom is -0.490 e. The lowest BCUT2D eigenvalue weighted by Gasteiger charge is -2.30. The van der Waals surface area contributed by atoms with Gasteiger partial charge in [-0.15, -0.1) is 13.2 Å². The van der Waals surface area contributed by atoms with Crippen LogP contribution in [0.15, 0.2) is 30.6 Å². The third-order valence-electron chi connectivity index (χ3n) is 4.72. The number of nitrogen functional groups attached to an aromatic ring is 1. The van der Waals surface area contributed by atoms with Crippen LogP contribution in [0.2, 0.25) is 0 Å². The van der Waals surface area contributed by atoms with Crippen LogP contribution in [-0.2, 0) is 22.1 Å². The molecule has 0 aliphatic carbocycles. The van der Waals surface area contributed by atoms with E-state index in [4.69, 9.17) is 15.2 Å². The lowest BCUT2D eigenvalue weighted by molar-refractivity contribution is -0.366. The van der Waals surface area contributed by atoms with E-state index in [1.807, 2.05) is 0 Å². The predicted molar refractivity (Wildman–Crippen MR) is 110 cm³/mol. The van der Waals surface area contributed by atoms with Gasteiger partial charge in [0.2, 0.25) is 0 Å². The first-order valence-electron chi connectivity index (χ1n) is 10.1. The third kappa shape index (κ3) is 7.42. The van der Waals surface area contributed by atoms with E-state index in [0.29, 0.717) is 12.2 Å². The van der Waals surface area contributed by atoms with Gasteiger partial charge in [-0.05, 0) is 31.5 Å². The zero-order chi connectivity index (χ0) is 26.0. The summed E-state index contributed by atoms with van der Waals surface area (Å²) in [6.07, 6.45) is -7.96. The van der Waals surface area contributed by atoms with E-state index < -0.39 is 29.7 Å². The fourth-order valence-electron chi connectivity index (χ4n) is 3.20. The van der Waals surface area contributed by atoms with E-state index >= 15 is 0 Å². The van der Waals surface area contributed by atoms with Gasteiger partial charge in [-0.1, -0.05) is 6.07 Å². The number of aromatic nitrogens is 3. The van der Waals surface area contributed by atoms with Crippen molar-refractivity contribution in [2.75, 3.05) is 18.9 Å².